The van der Waals surface area contributed by atoms with Crippen LogP contribution in [0.5, 0.6) is 28.7 Å². The predicted molar refractivity (Wildman–Crippen MR) is 114 cm³/mol. The average Bonchev–Trinajstić information content (AvgIpc) is 3.26. The highest BCUT2D eigenvalue weighted by atomic mass is 16.7. The monoisotopic (exact) mass is 417 g/mol. The fraction of sp³-hybridized carbons (Fsp3) is 0.478. The summed E-state index contributed by atoms with van der Waals surface area (Å²) in [5.74, 6) is 2.78. The van der Waals surface area contributed by atoms with Gasteiger partial charge in [-0.25, -0.2) is 0 Å². The zero-order valence-corrected chi connectivity index (χ0v) is 18.4. The molecule has 0 saturated heterocycles. The van der Waals surface area contributed by atoms with E-state index in [1.54, 1.807) is 33.5 Å². The summed E-state index contributed by atoms with van der Waals surface area (Å²) in [7, 11) is 4.69. The van der Waals surface area contributed by atoms with Gasteiger partial charge in [0.15, 0.2) is 23.0 Å². The van der Waals surface area contributed by atoms with Gasteiger partial charge in [-0.3, -0.25) is 0 Å². The summed E-state index contributed by atoms with van der Waals surface area (Å²) in [6.07, 6.45) is 0.479. The van der Waals surface area contributed by atoms with Gasteiger partial charge in [0.05, 0.1) is 21.3 Å². The van der Waals surface area contributed by atoms with Crippen LogP contribution in [0.15, 0.2) is 30.3 Å². The molecule has 164 valence electrons. The van der Waals surface area contributed by atoms with Gasteiger partial charge in [0.2, 0.25) is 12.5 Å². The van der Waals surface area contributed by atoms with Crippen LogP contribution in [0.3, 0.4) is 0 Å². The second kappa shape index (κ2) is 9.45. The minimum Gasteiger partial charge on any atom is -0.493 e. The lowest BCUT2D eigenvalue weighted by atomic mass is 9.82. The van der Waals surface area contributed by atoms with Gasteiger partial charge in [-0.15, -0.1) is 0 Å². The van der Waals surface area contributed by atoms with Gasteiger partial charge in [-0.05, 0) is 54.9 Å². The minimum atomic E-state index is -1.30. The van der Waals surface area contributed by atoms with E-state index in [1.165, 1.54) is 0 Å². The van der Waals surface area contributed by atoms with Crippen molar-refractivity contribution in [3.63, 3.8) is 0 Å². The lowest BCUT2D eigenvalue weighted by Crippen LogP contribution is -2.34. The topological polar surface area (TPSA) is 69.6 Å². The van der Waals surface area contributed by atoms with E-state index >= 15 is 0 Å². The first-order chi connectivity index (χ1) is 14.5. The number of rotatable bonds is 10. The molecule has 0 saturated carbocycles. The molecule has 1 atom stereocenters. The maximum absolute atomic E-state index is 12.1. The number of hydrogen-bond acceptors (Lipinski definition) is 7. The van der Waals surface area contributed by atoms with Crippen molar-refractivity contribution in [2.45, 2.75) is 25.9 Å². The second-order valence-corrected chi connectivity index (χ2v) is 7.12. The van der Waals surface area contributed by atoms with Crippen molar-refractivity contribution in [2.24, 2.45) is 0 Å². The molecule has 0 aliphatic carbocycles. The molecule has 1 aliphatic rings. The van der Waals surface area contributed by atoms with Crippen molar-refractivity contribution in [2.75, 3.05) is 47.8 Å². The number of nitrogens with zero attached hydrogens (tertiary/aromatic N) is 1. The first-order valence-electron chi connectivity index (χ1n) is 10.2. The highest BCUT2D eigenvalue weighted by molar-refractivity contribution is 5.57. The largest absolute Gasteiger partial charge is 0.493 e. The number of fused-ring (bicyclic) bond motifs is 1. The first-order valence-corrected chi connectivity index (χ1v) is 10.2. The van der Waals surface area contributed by atoms with E-state index in [-0.39, 0.29) is 6.79 Å². The van der Waals surface area contributed by atoms with Crippen molar-refractivity contribution in [1.82, 2.24) is 4.90 Å². The van der Waals surface area contributed by atoms with E-state index in [2.05, 4.69) is 18.7 Å². The Kier molecular flexibility index (Phi) is 6.95. The summed E-state index contributed by atoms with van der Waals surface area (Å²) < 4.78 is 27.5. The van der Waals surface area contributed by atoms with Crippen molar-refractivity contribution in [3.8, 4) is 28.7 Å². The third-order valence-corrected chi connectivity index (χ3v) is 5.68. The normalized spacial score (nSPS) is 14.5. The Morgan fingerprint density at radius 2 is 1.53 bits per heavy atom. The van der Waals surface area contributed by atoms with Gasteiger partial charge < -0.3 is 33.7 Å². The summed E-state index contributed by atoms with van der Waals surface area (Å²) in [5.41, 5.74) is 0.0762. The average molecular weight is 418 g/mol. The van der Waals surface area contributed by atoms with Crippen molar-refractivity contribution in [1.29, 1.82) is 0 Å². The highest BCUT2D eigenvalue weighted by Gasteiger charge is 2.35. The fourth-order valence-corrected chi connectivity index (χ4v) is 3.79. The van der Waals surface area contributed by atoms with Crippen LogP contribution >= 0.6 is 0 Å². The van der Waals surface area contributed by atoms with Gasteiger partial charge in [-0.2, -0.15) is 0 Å². The van der Waals surface area contributed by atoms with Gasteiger partial charge in [0.1, 0.15) is 5.60 Å². The Bertz CT molecular complexity index is 842. The summed E-state index contributed by atoms with van der Waals surface area (Å²) in [6, 6.07) is 9.15. The quantitative estimate of drug-likeness (QED) is 0.635. The predicted octanol–water partition coefficient (Wildman–Crippen LogP) is 3.41. The van der Waals surface area contributed by atoms with E-state index in [9.17, 15) is 5.11 Å². The number of aliphatic hydroxyl groups is 1. The standard InChI is InChI=1S/C23H31NO6/c1-6-24(7-2)11-10-23(25,16-8-9-18-19(12-16)30-15-29-18)17-13-20(26-3)22(28-5)21(14-17)27-4/h8-9,12-14,25H,6-7,10-11,15H2,1-5H3/t23-/m0/s1. The lowest BCUT2D eigenvalue weighted by Gasteiger charge is -2.33. The van der Waals surface area contributed by atoms with Crippen LogP contribution in [0.1, 0.15) is 31.4 Å². The van der Waals surface area contributed by atoms with Gasteiger partial charge in [-0.1, -0.05) is 19.9 Å². The Labute approximate surface area is 178 Å². The van der Waals surface area contributed by atoms with E-state index in [1.807, 2.05) is 18.2 Å². The van der Waals surface area contributed by atoms with Crippen LogP contribution in [-0.4, -0.2) is 57.8 Å². The minimum absolute atomic E-state index is 0.181. The lowest BCUT2D eigenvalue weighted by molar-refractivity contribution is 0.0579. The van der Waals surface area contributed by atoms with Gasteiger partial charge in [0, 0.05) is 6.54 Å². The molecule has 2 aromatic rings. The van der Waals surface area contributed by atoms with Crippen LogP contribution < -0.4 is 23.7 Å². The van der Waals surface area contributed by atoms with Crippen molar-refractivity contribution in [3.05, 3.63) is 41.5 Å². The van der Waals surface area contributed by atoms with Crippen LogP contribution in [0.25, 0.3) is 0 Å². The summed E-state index contributed by atoms with van der Waals surface area (Å²) in [6.45, 7) is 6.94. The second-order valence-electron chi connectivity index (χ2n) is 7.12. The Hall–Kier alpha value is -2.64. The van der Waals surface area contributed by atoms with Crippen LogP contribution in [0.2, 0.25) is 0 Å². The molecule has 0 amide bonds. The third kappa shape index (κ3) is 4.13. The number of hydrogen-bond donors (Lipinski definition) is 1. The highest BCUT2D eigenvalue weighted by Crippen LogP contribution is 2.45. The molecule has 3 rings (SSSR count). The fourth-order valence-electron chi connectivity index (χ4n) is 3.79. The zero-order valence-electron chi connectivity index (χ0n) is 18.4. The number of methoxy groups -OCH3 is 3. The van der Waals surface area contributed by atoms with Gasteiger partial charge in [0.25, 0.3) is 0 Å². The van der Waals surface area contributed by atoms with Crippen molar-refractivity contribution >= 4 is 0 Å². The first kappa shape index (κ1) is 22.1. The Morgan fingerprint density at radius 1 is 0.900 bits per heavy atom. The number of ether oxygens (including phenoxy) is 5. The summed E-state index contributed by atoms with van der Waals surface area (Å²) >= 11 is 0. The molecule has 1 N–H and O–H groups in total. The Balaban J connectivity index is 2.11. The smallest absolute Gasteiger partial charge is 0.231 e. The molecule has 0 fully saturated rings. The summed E-state index contributed by atoms with van der Waals surface area (Å²) in [4.78, 5) is 2.27. The van der Waals surface area contributed by atoms with Gasteiger partial charge >= 0.3 is 0 Å². The third-order valence-electron chi connectivity index (χ3n) is 5.68. The maximum atomic E-state index is 12.1. The molecule has 2 aromatic carbocycles. The molecule has 0 unspecified atom stereocenters. The van der Waals surface area contributed by atoms with Crippen LogP contribution in [-0.2, 0) is 5.60 Å². The van der Waals surface area contributed by atoms with Crippen molar-refractivity contribution < 1.29 is 28.8 Å². The molecule has 30 heavy (non-hydrogen) atoms. The molecule has 0 aromatic heterocycles. The molecule has 1 heterocycles. The molecular weight excluding hydrogens is 386 g/mol. The van der Waals surface area contributed by atoms with E-state index in [0.717, 1.165) is 13.1 Å². The molecule has 0 spiro atoms. The Morgan fingerprint density at radius 3 is 2.10 bits per heavy atom. The molecule has 1 aliphatic heterocycles. The van der Waals surface area contributed by atoms with E-state index in [0.29, 0.717) is 52.8 Å². The summed E-state index contributed by atoms with van der Waals surface area (Å²) in [5, 5.41) is 12.1. The van der Waals surface area contributed by atoms with Crippen LogP contribution in [0.4, 0.5) is 0 Å². The molecular formula is C23H31NO6. The molecule has 7 nitrogen and oxygen atoms in total. The molecule has 0 radical (unpaired) electrons. The molecule has 7 heteroatoms. The number of benzene rings is 2. The van der Waals surface area contributed by atoms with E-state index in [4.69, 9.17) is 23.7 Å². The maximum Gasteiger partial charge on any atom is 0.231 e. The molecule has 0 bridgehead atoms. The van der Waals surface area contributed by atoms with E-state index < -0.39 is 5.60 Å². The van der Waals surface area contributed by atoms with Crippen LogP contribution in [0, 0.1) is 0 Å². The SMILES string of the molecule is CCN(CC)CC[C@](O)(c1ccc2c(c1)OCO2)c1cc(OC)c(OC)c(OC)c1. The zero-order chi connectivity index (χ0) is 21.7.